The third-order valence-corrected chi connectivity index (χ3v) is 4.42. The average molecular weight is 252 g/mol. The summed E-state index contributed by atoms with van der Waals surface area (Å²) in [4.78, 5) is 6.66. The fourth-order valence-corrected chi connectivity index (χ4v) is 3.34. The van der Waals surface area contributed by atoms with Gasteiger partial charge in [-0.3, -0.25) is 0 Å². The van der Waals surface area contributed by atoms with Crippen LogP contribution in [0.15, 0.2) is 18.3 Å². The van der Waals surface area contributed by atoms with Gasteiger partial charge >= 0.3 is 0 Å². The number of halogens is 1. The molecule has 0 spiro atoms. The van der Waals surface area contributed by atoms with Gasteiger partial charge in [0.1, 0.15) is 5.15 Å². The Hall–Kier alpha value is -0.800. The van der Waals surface area contributed by atoms with E-state index in [4.69, 9.17) is 11.6 Å². The van der Waals surface area contributed by atoms with Crippen LogP contribution in [0, 0.1) is 0 Å². The van der Waals surface area contributed by atoms with Crippen LogP contribution >= 0.6 is 11.6 Å². The second-order valence-electron chi connectivity index (χ2n) is 5.23. The Morgan fingerprint density at radius 3 is 2.59 bits per heavy atom. The number of nitrogens with one attached hydrogen (secondary N) is 1. The molecule has 3 nitrogen and oxygen atoms in total. The summed E-state index contributed by atoms with van der Waals surface area (Å²) in [6.45, 7) is 0. The smallest absolute Gasteiger partial charge is 0.129 e. The van der Waals surface area contributed by atoms with Crippen molar-refractivity contribution >= 4 is 17.3 Å². The molecule has 2 bridgehead atoms. The number of nitrogens with zero attached hydrogens (tertiary/aromatic N) is 2. The first kappa shape index (κ1) is 11.3. The van der Waals surface area contributed by atoms with Crippen molar-refractivity contribution in [2.75, 3.05) is 12.4 Å². The van der Waals surface area contributed by atoms with E-state index < -0.39 is 0 Å². The van der Waals surface area contributed by atoms with E-state index in [1.165, 1.54) is 25.7 Å². The Kier molecular flexibility index (Phi) is 2.97. The summed E-state index contributed by atoms with van der Waals surface area (Å²) >= 11 is 5.78. The molecule has 0 aliphatic carbocycles. The van der Waals surface area contributed by atoms with E-state index in [1.807, 2.05) is 18.3 Å². The molecule has 2 saturated heterocycles. The topological polar surface area (TPSA) is 28.2 Å². The Bertz CT molecular complexity index is 378. The largest absolute Gasteiger partial charge is 0.381 e. The molecule has 0 radical (unpaired) electrons. The molecular formula is C13H18ClN3. The number of fused-ring (bicyclic) bond motifs is 2. The van der Waals surface area contributed by atoms with Gasteiger partial charge in [-0.05, 0) is 44.9 Å². The lowest BCUT2D eigenvalue weighted by Crippen LogP contribution is -2.44. The highest BCUT2D eigenvalue weighted by Crippen LogP contribution is 2.35. The molecule has 3 heterocycles. The van der Waals surface area contributed by atoms with Gasteiger partial charge in [-0.2, -0.15) is 0 Å². The van der Waals surface area contributed by atoms with E-state index in [9.17, 15) is 0 Å². The molecule has 0 unspecified atom stereocenters. The lowest BCUT2D eigenvalue weighted by Gasteiger charge is -2.37. The summed E-state index contributed by atoms with van der Waals surface area (Å²) in [6.07, 6.45) is 7.03. The highest BCUT2D eigenvalue weighted by molar-refractivity contribution is 6.29. The molecule has 2 aliphatic rings. The van der Waals surface area contributed by atoms with Crippen molar-refractivity contribution in [3.8, 4) is 0 Å². The molecule has 1 aromatic rings. The van der Waals surface area contributed by atoms with Crippen LogP contribution in [0.5, 0.6) is 0 Å². The molecular weight excluding hydrogens is 234 g/mol. The predicted octanol–water partition coefficient (Wildman–Crippen LogP) is 2.77. The lowest BCUT2D eigenvalue weighted by molar-refractivity contribution is 0.169. The summed E-state index contributed by atoms with van der Waals surface area (Å²) in [5.41, 5.74) is 1.09. The maximum absolute atomic E-state index is 5.78. The molecule has 0 aromatic carbocycles. The van der Waals surface area contributed by atoms with E-state index in [2.05, 4.69) is 22.2 Å². The van der Waals surface area contributed by atoms with Crippen molar-refractivity contribution in [3.63, 3.8) is 0 Å². The molecule has 3 rings (SSSR count). The van der Waals surface area contributed by atoms with E-state index in [-0.39, 0.29) is 0 Å². The third kappa shape index (κ3) is 2.26. The number of piperidine rings is 1. The molecule has 17 heavy (non-hydrogen) atoms. The highest BCUT2D eigenvalue weighted by Gasteiger charge is 2.38. The highest BCUT2D eigenvalue weighted by atomic mass is 35.5. The van der Waals surface area contributed by atoms with E-state index in [0.717, 1.165) is 17.8 Å². The fraction of sp³-hybridized carbons (Fsp3) is 0.615. The molecule has 92 valence electrons. The fourth-order valence-electron chi connectivity index (χ4n) is 3.23. The number of hydrogen-bond acceptors (Lipinski definition) is 3. The van der Waals surface area contributed by atoms with Gasteiger partial charge in [0.15, 0.2) is 0 Å². The summed E-state index contributed by atoms with van der Waals surface area (Å²) in [6, 6.07) is 5.98. The van der Waals surface area contributed by atoms with Crippen molar-refractivity contribution in [1.29, 1.82) is 0 Å². The van der Waals surface area contributed by atoms with Crippen LogP contribution in [0.4, 0.5) is 5.69 Å². The summed E-state index contributed by atoms with van der Waals surface area (Å²) in [7, 11) is 2.27. The summed E-state index contributed by atoms with van der Waals surface area (Å²) < 4.78 is 0. The van der Waals surface area contributed by atoms with Crippen molar-refractivity contribution in [1.82, 2.24) is 9.88 Å². The Morgan fingerprint density at radius 2 is 2.00 bits per heavy atom. The maximum Gasteiger partial charge on any atom is 0.129 e. The van der Waals surface area contributed by atoms with Gasteiger partial charge in [-0.25, -0.2) is 4.98 Å². The van der Waals surface area contributed by atoms with Crippen molar-refractivity contribution in [3.05, 3.63) is 23.5 Å². The average Bonchev–Trinajstić information content (AvgIpc) is 2.55. The summed E-state index contributed by atoms with van der Waals surface area (Å²) in [5, 5.41) is 4.14. The Labute approximate surface area is 107 Å². The van der Waals surface area contributed by atoms with E-state index in [0.29, 0.717) is 11.2 Å². The second-order valence-corrected chi connectivity index (χ2v) is 5.62. The van der Waals surface area contributed by atoms with Crippen molar-refractivity contribution < 1.29 is 0 Å². The number of rotatable bonds is 2. The Morgan fingerprint density at radius 1 is 1.29 bits per heavy atom. The van der Waals surface area contributed by atoms with E-state index >= 15 is 0 Å². The first-order valence-electron chi connectivity index (χ1n) is 6.32. The minimum Gasteiger partial charge on any atom is -0.381 e. The Balaban J connectivity index is 1.65. The predicted molar refractivity (Wildman–Crippen MR) is 70.5 cm³/mol. The van der Waals surface area contributed by atoms with Crippen LogP contribution in [0.1, 0.15) is 25.7 Å². The molecule has 4 heteroatoms. The first-order valence-corrected chi connectivity index (χ1v) is 6.70. The first-order chi connectivity index (χ1) is 8.22. The van der Waals surface area contributed by atoms with Gasteiger partial charge in [0.05, 0.1) is 11.9 Å². The molecule has 2 fully saturated rings. The minimum atomic E-state index is 0.555. The van der Waals surface area contributed by atoms with Crippen LogP contribution in [0.25, 0.3) is 0 Å². The van der Waals surface area contributed by atoms with Gasteiger partial charge in [0, 0.05) is 18.1 Å². The number of aromatic nitrogens is 1. The van der Waals surface area contributed by atoms with Crippen molar-refractivity contribution in [2.24, 2.45) is 0 Å². The molecule has 0 saturated carbocycles. The van der Waals surface area contributed by atoms with Crippen LogP contribution in [0.3, 0.4) is 0 Å². The maximum atomic E-state index is 5.78. The van der Waals surface area contributed by atoms with Crippen LogP contribution in [-0.4, -0.2) is 35.1 Å². The molecule has 1 N–H and O–H groups in total. The summed E-state index contributed by atoms with van der Waals surface area (Å²) in [5.74, 6) is 0. The molecule has 0 amide bonds. The van der Waals surface area contributed by atoms with Gasteiger partial charge < -0.3 is 10.2 Å². The van der Waals surface area contributed by atoms with Gasteiger partial charge in [0.25, 0.3) is 0 Å². The normalized spacial score (nSPS) is 32.7. The van der Waals surface area contributed by atoms with Crippen LogP contribution in [-0.2, 0) is 0 Å². The molecule has 3 atom stereocenters. The number of anilines is 1. The van der Waals surface area contributed by atoms with Gasteiger partial charge in [-0.1, -0.05) is 11.6 Å². The van der Waals surface area contributed by atoms with Gasteiger partial charge in [-0.15, -0.1) is 0 Å². The van der Waals surface area contributed by atoms with E-state index in [1.54, 1.807) is 0 Å². The van der Waals surface area contributed by atoms with Crippen LogP contribution in [0.2, 0.25) is 5.15 Å². The third-order valence-electron chi connectivity index (χ3n) is 4.20. The second kappa shape index (κ2) is 4.46. The molecule has 1 aromatic heterocycles. The quantitative estimate of drug-likeness (QED) is 0.820. The monoisotopic (exact) mass is 251 g/mol. The zero-order chi connectivity index (χ0) is 11.8. The zero-order valence-electron chi connectivity index (χ0n) is 10.1. The standard InChI is InChI=1S/C13H18ClN3/c1-17-11-3-4-12(17)7-10(6-11)16-9-2-5-13(14)15-8-9/h2,5,8,10-12,16H,3-4,6-7H2,1H3/t10-,11+,12-. The SMILES string of the molecule is CN1[C@@H]2CC[C@H]1C[C@@H](Nc1ccc(Cl)nc1)C2. The van der Waals surface area contributed by atoms with Gasteiger partial charge in [0.2, 0.25) is 0 Å². The number of pyridine rings is 1. The van der Waals surface area contributed by atoms with Crippen LogP contribution < -0.4 is 5.32 Å². The lowest BCUT2D eigenvalue weighted by atomic mass is 9.98. The zero-order valence-corrected chi connectivity index (χ0v) is 10.8. The minimum absolute atomic E-state index is 0.555. The van der Waals surface area contributed by atoms with Crippen molar-refractivity contribution in [2.45, 2.75) is 43.8 Å². The molecule has 2 aliphatic heterocycles. The number of hydrogen-bond donors (Lipinski definition) is 1.